The summed E-state index contributed by atoms with van der Waals surface area (Å²) in [6.07, 6.45) is 2.31. The number of carbonyl (C=O) groups excluding carboxylic acids is 1. The molecule has 1 aliphatic carbocycles. The third kappa shape index (κ3) is 3.57. The molecule has 2 heterocycles. The monoisotopic (exact) mass is 373 g/mol. The van der Waals surface area contributed by atoms with Crippen LogP contribution in [0.5, 0.6) is 0 Å². The highest BCUT2D eigenvalue weighted by Crippen LogP contribution is 2.37. The van der Waals surface area contributed by atoms with Crippen LogP contribution in [0.2, 0.25) is 0 Å². The molecular weight excluding hydrogens is 358 g/mol. The molecule has 0 radical (unpaired) electrons. The summed E-state index contributed by atoms with van der Waals surface area (Å²) in [5.41, 5.74) is 2.51. The van der Waals surface area contributed by atoms with Crippen molar-refractivity contribution in [2.75, 3.05) is 7.11 Å². The molecular formula is C16H15N5O2S2. The smallest absolute Gasteiger partial charge is 0.337 e. The molecule has 1 saturated carbocycles. The van der Waals surface area contributed by atoms with Crippen LogP contribution >= 0.6 is 23.1 Å². The lowest BCUT2D eigenvalue weighted by Gasteiger charge is -2.01. The zero-order chi connectivity index (χ0) is 17.2. The minimum absolute atomic E-state index is 0.337. The Hall–Kier alpha value is -2.26. The fourth-order valence-corrected chi connectivity index (χ4v) is 4.11. The number of rotatable bonds is 6. The van der Waals surface area contributed by atoms with Crippen LogP contribution in [0.3, 0.4) is 0 Å². The molecule has 1 aromatic carbocycles. The topological polar surface area (TPSA) is 82.8 Å². The summed E-state index contributed by atoms with van der Waals surface area (Å²) in [6, 6.07) is 7.74. The van der Waals surface area contributed by atoms with Crippen molar-refractivity contribution in [3.05, 3.63) is 40.9 Å². The number of nitrogens with zero attached hydrogens (tertiary/aromatic N) is 5. The number of thioether (sulfide) groups is 1. The van der Waals surface area contributed by atoms with E-state index in [0.29, 0.717) is 11.6 Å². The molecule has 2 aromatic heterocycles. The lowest BCUT2D eigenvalue weighted by atomic mass is 10.1. The average molecular weight is 373 g/mol. The molecule has 0 unspecified atom stereocenters. The molecule has 0 N–H and O–H groups in total. The largest absolute Gasteiger partial charge is 0.465 e. The second kappa shape index (κ2) is 6.93. The van der Waals surface area contributed by atoms with Gasteiger partial charge in [0.15, 0.2) is 0 Å². The van der Waals surface area contributed by atoms with Crippen molar-refractivity contribution < 1.29 is 9.53 Å². The number of benzene rings is 1. The summed E-state index contributed by atoms with van der Waals surface area (Å²) in [5.74, 6) is 0.389. The molecule has 25 heavy (non-hydrogen) atoms. The number of tetrazole rings is 1. The van der Waals surface area contributed by atoms with Crippen LogP contribution in [0, 0.1) is 0 Å². The van der Waals surface area contributed by atoms with Gasteiger partial charge in [-0.1, -0.05) is 23.9 Å². The zero-order valence-corrected chi connectivity index (χ0v) is 15.1. The van der Waals surface area contributed by atoms with E-state index in [1.807, 2.05) is 22.2 Å². The molecule has 4 rings (SSSR count). The van der Waals surface area contributed by atoms with Crippen molar-refractivity contribution in [1.82, 2.24) is 25.2 Å². The van der Waals surface area contributed by atoms with E-state index in [4.69, 9.17) is 4.74 Å². The lowest BCUT2D eigenvalue weighted by molar-refractivity contribution is 0.0601. The summed E-state index contributed by atoms with van der Waals surface area (Å²) in [4.78, 5) is 16.2. The molecule has 7 nitrogen and oxygen atoms in total. The van der Waals surface area contributed by atoms with Crippen molar-refractivity contribution in [2.24, 2.45) is 0 Å². The first-order chi connectivity index (χ1) is 12.2. The van der Waals surface area contributed by atoms with E-state index in [0.717, 1.165) is 40.0 Å². The Morgan fingerprint density at radius 2 is 2.16 bits per heavy atom. The van der Waals surface area contributed by atoms with E-state index >= 15 is 0 Å². The Bertz CT molecular complexity index is 886. The number of hydrogen-bond acceptors (Lipinski definition) is 8. The van der Waals surface area contributed by atoms with Gasteiger partial charge in [0, 0.05) is 16.7 Å². The number of esters is 1. The summed E-state index contributed by atoms with van der Waals surface area (Å²) in [5, 5.41) is 15.7. The highest BCUT2D eigenvalue weighted by molar-refractivity contribution is 7.98. The molecule has 0 atom stereocenters. The fourth-order valence-electron chi connectivity index (χ4n) is 2.34. The van der Waals surface area contributed by atoms with Crippen molar-refractivity contribution in [2.45, 2.75) is 29.8 Å². The van der Waals surface area contributed by atoms with E-state index in [2.05, 4.69) is 20.5 Å². The molecule has 0 amide bonds. The van der Waals surface area contributed by atoms with Crippen LogP contribution in [0.1, 0.15) is 34.9 Å². The van der Waals surface area contributed by atoms with Gasteiger partial charge in [0.25, 0.3) is 0 Å². The number of thiazole rings is 1. The highest BCUT2D eigenvalue weighted by atomic mass is 32.2. The van der Waals surface area contributed by atoms with Crippen molar-refractivity contribution in [3.8, 4) is 10.6 Å². The molecule has 1 fully saturated rings. The van der Waals surface area contributed by atoms with Crippen LogP contribution in [0.4, 0.5) is 0 Å². The van der Waals surface area contributed by atoms with Gasteiger partial charge in [0.1, 0.15) is 5.01 Å². The van der Waals surface area contributed by atoms with E-state index in [9.17, 15) is 4.79 Å². The number of aromatic nitrogens is 5. The van der Waals surface area contributed by atoms with Gasteiger partial charge in [0.05, 0.1) is 24.4 Å². The van der Waals surface area contributed by atoms with Crippen LogP contribution in [-0.2, 0) is 10.5 Å². The highest BCUT2D eigenvalue weighted by Gasteiger charge is 2.27. The van der Waals surface area contributed by atoms with Crippen molar-refractivity contribution in [3.63, 3.8) is 0 Å². The third-order valence-corrected chi connectivity index (χ3v) is 5.72. The maximum absolute atomic E-state index is 11.5. The maximum Gasteiger partial charge on any atom is 0.337 e. The van der Waals surface area contributed by atoms with Gasteiger partial charge in [-0.05, 0) is 35.4 Å². The second-order valence-electron chi connectivity index (χ2n) is 5.64. The first-order valence-corrected chi connectivity index (χ1v) is 9.65. The van der Waals surface area contributed by atoms with Gasteiger partial charge < -0.3 is 4.74 Å². The van der Waals surface area contributed by atoms with Gasteiger partial charge in [-0.2, -0.15) is 0 Å². The molecule has 1 aliphatic rings. The first-order valence-electron chi connectivity index (χ1n) is 7.78. The standard InChI is InChI=1S/C16H15N5O2S2/c1-23-15(22)11-4-2-10(3-5-11)14-17-12(8-24-14)9-25-16-18-19-20-21(16)13-6-7-13/h2-5,8,13H,6-7,9H2,1H3. The SMILES string of the molecule is COC(=O)c1ccc(-c2nc(CSc3nnnn3C3CC3)cs2)cc1. The number of methoxy groups -OCH3 is 1. The molecule has 128 valence electrons. The Morgan fingerprint density at radius 3 is 2.88 bits per heavy atom. The Labute approximate surface area is 152 Å². The van der Waals surface area contributed by atoms with E-state index in [1.54, 1.807) is 35.2 Å². The zero-order valence-electron chi connectivity index (χ0n) is 13.5. The molecule has 0 aliphatic heterocycles. The summed E-state index contributed by atoms with van der Waals surface area (Å²) < 4.78 is 6.62. The van der Waals surface area contributed by atoms with Gasteiger partial charge in [0.2, 0.25) is 5.16 Å². The summed E-state index contributed by atoms with van der Waals surface area (Å²) in [7, 11) is 1.38. The number of carbonyl (C=O) groups is 1. The first kappa shape index (κ1) is 16.2. The molecule has 0 saturated heterocycles. The van der Waals surface area contributed by atoms with Crippen molar-refractivity contribution in [1.29, 1.82) is 0 Å². The van der Waals surface area contributed by atoms with E-state index in [1.165, 1.54) is 7.11 Å². The molecule has 0 bridgehead atoms. The van der Waals surface area contributed by atoms with Crippen LogP contribution in [0.15, 0.2) is 34.8 Å². The maximum atomic E-state index is 11.5. The van der Waals surface area contributed by atoms with Crippen LogP contribution < -0.4 is 0 Å². The second-order valence-corrected chi connectivity index (χ2v) is 7.44. The minimum atomic E-state index is -0.337. The summed E-state index contributed by atoms with van der Waals surface area (Å²) in [6.45, 7) is 0. The lowest BCUT2D eigenvalue weighted by Crippen LogP contribution is -2.00. The predicted octanol–water partition coefficient (Wildman–Crippen LogP) is 3.21. The van der Waals surface area contributed by atoms with E-state index in [-0.39, 0.29) is 5.97 Å². The Morgan fingerprint density at radius 1 is 1.36 bits per heavy atom. The third-order valence-electron chi connectivity index (χ3n) is 3.81. The van der Waals surface area contributed by atoms with Gasteiger partial charge >= 0.3 is 5.97 Å². The average Bonchev–Trinajstić information content (AvgIpc) is 3.20. The van der Waals surface area contributed by atoms with E-state index < -0.39 is 0 Å². The van der Waals surface area contributed by atoms with Gasteiger partial charge in [-0.25, -0.2) is 14.5 Å². The summed E-state index contributed by atoms with van der Waals surface area (Å²) >= 11 is 3.19. The fraction of sp³-hybridized carbons (Fsp3) is 0.312. The predicted molar refractivity (Wildman–Crippen MR) is 94.5 cm³/mol. The van der Waals surface area contributed by atoms with Crippen molar-refractivity contribution >= 4 is 29.1 Å². The molecule has 0 spiro atoms. The minimum Gasteiger partial charge on any atom is -0.465 e. The van der Waals surface area contributed by atoms with Crippen LogP contribution in [0.25, 0.3) is 10.6 Å². The molecule has 3 aromatic rings. The number of hydrogen-bond donors (Lipinski definition) is 0. The normalized spacial score (nSPS) is 13.8. The van der Waals surface area contributed by atoms with Crippen LogP contribution in [-0.4, -0.2) is 38.3 Å². The quantitative estimate of drug-likeness (QED) is 0.484. The van der Waals surface area contributed by atoms with Gasteiger partial charge in [-0.3, -0.25) is 0 Å². The van der Waals surface area contributed by atoms with Gasteiger partial charge in [-0.15, -0.1) is 16.4 Å². The Balaban J connectivity index is 1.43. The molecule has 9 heteroatoms. The Kier molecular flexibility index (Phi) is 4.50. The number of ether oxygens (including phenoxy) is 1.